The summed E-state index contributed by atoms with van der Waals surface area (Å²) in [7, 11) is 0. The average Bonchev–Trinajstić information content (AvgIpc) is 2.34. The van der Waals surface area contributed by atoms with Crippen LogP contribution in [-0.2, 0) is 11.3 Å². The van der Waals surface area contributed by atoms with Crippen LogP contribution in [0, 0.1) is 0 Å². The summed E-state index contributed by atoms with van der Waals surface area (Å²) in [6, 6.07) is 1.54. The highest BCUT2D eigenvalue weighted by molar-refractivity contribution is 5.77. The third kappa shape index (κ3) is 3.68. The molecule has 0 amide bonds. The van der Waals surface area contributed by atoms with Crippen molar-refractivity contribution in [2.75, 3.05) is 18.0 Å². The predicted molar refractivity (Wildman–Crippen MR) is 72.0 cm³/mol. The molecule has 0 spiro atoms. The molecule has 0 saturated carbocycles. The zero-order chi connectivity index (χ0) is 13.5. The van der Waals surface area contributed by atoms with Crippen LogP contribution >= 0.6 is 0 Å². The smallest absolute Gasteiger partial charge is 0.269 e. The Morgan fingerprint density at radius 1 is 1.33 bits per heavy atom. The van der Waals surface area contributed by atoms with Gasteiger partial charge in [0.05, 0.1) is 11.9 Å². The fraction of sp³-hybridized carbons (Fsp3) is 0.615. The molecule has 5 heteroatoms. The predicted octanol–water partition coefficient (Wildman–Crippen LogP) is 1.46. The van der Waals surface area contributed by atoms with Gasteiger partial charge in [-0.2, -0.15) is 5.10 Å². The van der Waals surface area contributed by atoms with Crippen LogP contribution in [0.2, 0.25) is 0 Å². The average molecular weight is 251 g/mol. The Morgan fingerprint density at radius 2 is 2.00 bits per heavy atom. The van der Waals surface area contributed by atoms with Crippen LogP contribution < -0.4 is 10.5 Å². The molecular weight excluding hydrogens is 230 g/mol. The van der Waals surface area contributed by atoms with E-state index in [1.54, 1.807) is 12.3 Å². The molecule has 0 atom stereocenters. The van der Waals surface area contributed by atoms with Gasteiger partial charge in [-0.3, -0.25) is 9.59 Å². The maximum atomic E-state index is 11.8. The third-order valence-electron chi connectivity index (χ3n) is 2.84. The molecule has 18 heavy (non-hydrogen) atoms. The maximum Gasteiger partial charge on any atom is 0.269 e. The molecule has 0 aliphatic carbocycles. The molecule has 0 fully saturated rings. The number of anilines is 1. The lowest BCUT2D eigenvalue weighted by molar-refractivity contribution is -0.119. The summed E-state index contributed by atoms with van der Waals surface area (Å²) in [5.41, 5.74) is 0.591. The van der Waals surface area contributed by atoms with Gasteiger partial charge < -0.3 is 4.90 Å². The number of rotatable bonds is 7. The van der Waals surface area contributed by atoms with Crippen LogP contribution in [0.3, 0.4) is 0 Å². The largest absolute Gasteiger partial charge is 0.371 e. The maximum absolute atomic E-state index is 11.8. The number of Topliss-reactive ketones (excluding diaryl/α,β-unsaturated/α-hetero) is 1. The summed E-state index contributed by atoms with van der Waals surface area (Å²) in [6.45, 7) is 7.73. The zero-order valence-corrected chi connectivity index (χ0v) is 11.3. The number of aromatic nitrogens is 2. The number of carbonyl (C=O) groups excluding carboxylic acids is 1. The molecular formula is C13H21N3O2. The van der Waals surface area contributed by atoms with Gasteiger partial charge in [-0.05, 0) is 20.3 Å². The number of hydrogen-bond donors (Lipinski definition) is 0. The van der Waals surface area contributed by atoms with Gasteiger partial charge in [-0.25, -0.2) is 4.68 Å². The van der Waals surface area contributed by atoms with Crippen molar-refractivity contribution in [3.63, 3.8) is 0 Å². The number of hydrogen-bond acceptors (Lipinski definition) is 4. The number of ketones is 1. The fourth-order valence-corrected chi connectivity index (χ4v) is 1.83. The normalized spacial score (nSPS) is 10.4. The lowest BCUT2D eigenvalue weighted by Crippen LogP contribution is -2.29. The lowest BCUT2D eigenvalue weighted by Gasteiger charge is -2.20. The van der Waals surface area contributed by atoms with Crippen molar-refractivity contribution in [3.8, 4) is 0 Å². The van der Waals surface area contributed by atoms with Gasteiger partial charge in [0.15, 0.2) is 5.78 Å². The number of nitrogens with zero attached hydrogens (tertiary/aromatic N) is 3. The van der Waals surface area contributed by atoms with E-state index >= 15 is 0 Å². The fourth-order valence-electron chi connectivity index (χ4n) is 1.83. The lowest BCUT2D eigenvalue weighted by atomic mass is 10.2. The Hall–Kier alpha value is -1.65. The van der Waals surface area contributed by atoms with Crippen LogP contribution in [0.4, 0.5) is 5.69 Å². The molecule has 1 heterocycles. The minimum absolute atomic E-state index is 0.0442. The highest BCUT2D eigenvalue weighted by Crippen LogP contribution is 2.08. The molecule has 0 aliphatic heterocycles. The van der Waals surface area contributed by atoms with E-state index in [1.807, 2.05) is 25.7 Å². The summed E-state index contributed by atoms with van der Waals surface area (Å²) in [5, 5.41) is 4.06. The quantitative estimate of drug-likeness (QED) is 0.736. The van der Waals surface area contributed by atoms with Gasteiger partial charge in [-0.1, -0.05) is 6.92 Å². The van der Waals surface area contributed by atoms with E-state index < -0.39 is 0 Å². The van der Waals surface area contributed by atoms with Crippen molar-refractivity contribution in [1.29, 1.82) is 0 Å². The van der Waals surface area contributed by atoms with Crippen LogP contribution in [0.5, 0.6) is 0 Å². The van der Waals surface area contributed by atoms with E-state index in [1.165, 1.54) is 4.68 Å². The van der Waals surface area contributed by atoms with Crippen molar-refractivity contribution >= 4 is 11.5 Å². The molecule has 0 radical (unpaired) electrons. The molecule has 0 N–H and O–H groups in total. The third-order valence-corrected chi connectivity index (χ3v) is 2.84. The summed E-state index contributed by atoms with van der Waals surface area (Å²) >= 11 is 0. The van der Waals surface area contributed by atoms with Crippen molar-refractivity contribution in [2.45, 2.75) is 40.2 Å². The Morgan fingerprint density at radius 3 is 2.50 bits per heavy atom. The molecule has 0 aromatic carbocycles. The Bertz CT molecular complexity index is 450. The monoisotopic (exact) mass is 251 g/mol. The van der Waals surface area contributed by atoms with Crippen molar-refractivity contribution < 1.29 is 4.79 Å². The second-order valence-corrected chi connectivity index (χ2v) is 4.17. The van der Waals surface area contributed by atoms with Gasteiger partial charge in [0.2, 0.25) is 0 Å². The van der Waals surface area contributed by atoms with Gasteiger partial charge in [-0.15, -0.1) is 0 Å². The van der Waals surface area contributed by atoms with Gasteiger partial charge in [0, 0.05) is 25.6 Å². The molecule has 0 aliphatic rings. The zero-order valence-electron chi connectivity index (χ0n) is 11.3. The molecule has 0 unspecified atom stereocenters. The first-order valence-electron chi connectivity index (χ1n) is 6.46. The summed E-state index contributed by atoms with van der Waals surface area (Å²) in [4.78, 5) is 25.4. The standard InChI is InChI=1S/C13H21N3O2/c1-4-7-12(17)10-16-13(18)8-11(9-14-16)15(5-2)6-3/h8-9H,4-7,10H2,1-3H3. The van der Waals surface area contributed by atoms with Crippen LogP contribution in [0.25, 0.3) is 0 Å². The van der Waals surface area contributed by atoms with Crippen molar-refractivity contribution in [2.24, 2.45) is 0 Å². The SMILES string of the molecule is CCCC(=O)Cn1ncc(N(CC)CC)cc1=O. The van der Waals surface area contributed by atoms with Crippen molar-refractivity contribution in [3.05, 3.63) is 22.6 Å². The van der Waals surface area contributed by atoms with E-state index in [0.717, 1.165) is 25.2 Å². The van der Waals surface area contributed by atoms with Crippen LogP contribution in [0.15, 0.2) is 17.1 Å². The molecule has 5 nitrogen and oxygen atoms in total. The second-order valence-electron chi connectivity index (χ2n) is 4.17. The molecule has 1 aromatic rings. The van der Waals surface area contributed by atoms with E-state index in [0.29, 0.717) is 6.42 Å². The summed E-state index contributed by atoms with van der Waals surface area (Å²) in [5.74, 6) is 0.0442. The Balaban J connectivity index is 2.86. The van der Waals surface area contributed by atoms with E-state index in [4.69, 9.17) is 0 Å². The summed E-state index contributed by atoms with van der Waals surface area (Å²) < 4.78 is 1.23. The Kier molecular flexibility index (Phi) is 5.55. The highest BCUT2D eigenvalue weighted by atomic mass is 16.1. The van der Waals surface area contributed by atoms with Gasteiger partial charge in [0.1, 0.15) is 6.54 Å². The first kappa shape index (κ1) is 14.4. The summed E-state index contributed by atoms with van der Waals surface area (Å²) in [6.07, 6.45) is 2.94. The van der Waals surface area contributed by atoms with E-state index in [2.05, 4.69) is 5.10 Å². The minimum Gasteiger partial charge on any atom is -0.371 e. The van der Waals surface area contributed by atoms with Crippen LogP contribution in [0.1, 0.15) is 33.6 Å². The van der Waals surface area contributed by atoms with Crippen molar-refractivity contribution in [1.82, 2.24) is 9.78 Å². The second kappa shape index (κ2) is 6.93. The molecule has 1 rings (SSSR count). The molecule has 1 aromatic heterocycles. The highest BCUT2D eigenvalue weighted by Gasteiger charge is 2.08. The van der Waals surface area contributed by atoms with E-state index in [-0.39, 0.29) is 17.9 Å². The topological polar surface area (TPSA) is 55.2 Å². The molecule has 0 saturated heterocycles. The van der Waals surface area contributed by atoms with E-state index in [9.17, 15) is 9.59 Å². The van der Waals surface area contributed by atoms with Crippen LogP contribution in [-0.4, -0.2) is 28.7 Å². The Labute approximate surface area is 107 Å². The van der Waals surface area contributed by atoms with Gasteiger partial charge in [0.25, 0.3) is 5.56 Å². The minimum atomic E-state index is -0.219. The first-order valence-corrected chi connectivity index (χ1v) is 6.46. The molecule has 100 valence electrons. The molecule has 0 bridgehead atoms. The van der Waals surface area contributed by atoms with Gasteiger partial charge >= 0.3 is 0 Å². The number of carbonyl (C=O) groups is 1. The first-order chi connectivity index (χ1) is 8.62.